The number of ether oxygens (including phenoxy) is 2. The van der Waals surface area contributed by atoms with Crippen molar-refractivity contribution in [3.63, 3.8) is 0 Å². The highest BCUT2D eigenvalue weighted by molar-refractivity contribution is 8.00. The van der Waals surface area contributed by atoms with E-state index in [1.165, 1.54) is 38.3 Å². The molecule has 4 aromatic rings. The quantitative estimate of drug-likeness (QED) is 0.143. The number of methoxy groups -OCH3 is 2. The van der Waals surface area contributed by atoms with Gasteiger partial charge in [0.25, 0.3) is 11.8 Å². The summed E-state index contributed by atoms with van der Waals surface area (Å²) >= 11 is 7.49. The Balaban J connectivity index is 1.37. The molecule has 0 aliphatic heterocycles. The first-order chi connectivity index (χ1) is 19.9. The topological polar surface area (TPSA) is 119 Å². The third-order valence-corrected chi connectivity index (χ3v) is 6.90. The van der Waals surface area contributed by atoms with Gasteiger partial charge in [-0.25, -0.2) is 0 Å². The summed E-state index contributed by atoms with van der Waals surface area (Å²) in [5, 5.41) is 8.56. The number of carbonyl (C=O) groups is 3. The fourth-order valence-electron chi connectivity index (χ4n) is 3.58. The smallest absolute Gasteiger partial charge is 0.272 e. The van der Waals surface area contributed by atoms with Crippen LogP contribution in [0.3, 0.4) is 0 Å². The molecule has 0 spiro atoms. The number of amides is 3. The Bertz CT molecular complexity index is 1540. The van der Waals surface area contributed by atoms with Gasteiger partial charge in [0.15, 0.2) is 0 Å². The van der Waals surface area contributed by atoms with Crippen LogP contribution in [0, 0.1) is 0 Å². The zero-order chi connectivity index (χ0) is 29.2. The number of nitrogens with one attached hydrogen (secondary N) is 3. The van der Waals surface area contributed by atoms with Gasteiger partial charge in [-0.2, -0.15) is 0 Å². The van der Waals surface area contributed by atoms with Crippen LogP contribution in [0.15, 0.2) is 100 Å². The summed E-state index contributed by atoms with van der Waals surface area (Å²) in [5.74, 6) is 0.169. The summed E-state index contributed by atoms with van der Waals surface area (Å²) in [4.78, 5) is 39.1. The van der Waals surface area contributed by atoms with Crippen molar-refractivity contribution in [2.75, 3.05) is 30.6 Å². The van der Waals surface area contributed by atoms with Gasteiger partial charge in [0.2, 0.25) is 5.91 Å². The van der Waals surface area contributed by atoms with Gasteiger partial charge in [-0.05, 0) is 54.6 Å². The summed E-state index contributed by atoms with van der Waals surface area (Å²) in [6.07, 6.45) is 2.92. The van der Waals surface area contributed by atoms with E-state index in [0.29, 0.717) is 39.2 Å². The monoisotopic (exact) mass is 591 g/mol. The van der Waals surface area contributed by atoms with E-state index in [-0.39, 0.29) is 17.4 Å². The second-order valence-corrected chi connectivity index (χ2v) is 9.85. The van der Waals surface area contributed by atoms with Crippen molar-refractivity contribution < 1.29 is 28.3 Å². The molecule has 9 nitrogen and oxygen atoms in total. The van der Waals surface area contributed by atoms with Gasteiger partial charge in [0.05, 0.1) is 36.9 Å². The van der Waals surface area contributed by atoms with Gasteiger partial charge in [-0.3, -0.25) is 14.4 Å². The van der Waals surface area contributed by atoms with Crippen LogP contribution in [0.5, 0.6) is 11.5 Å². The fraction of sp³-hybridized carbons (Fsp3) is 0.100. The lowest BCUT2D eigenvalue weighted by Gasteiger charge is -2.13. The van der Waals surface area contributed by atoms with Crippen LogP contribution in [-0.2, 0) is 9.59 Å². The Hall–Kier alpha value is -4.67. The van der Waals surface area contributed by atoms with Crippen molar-refractivity contribution in [3.8, 4) is 11.5 Å². The van der Waals surface area contributed by atoms with E-state index in [2.05, 4.69) is 16.0 Å². The van der Waals surface area contributed by atoms with Crippen LogP contribution in [-0.4, -0.2) is 37.7 Å². The van der Waals surface area contributed by atoms with E-state index in [0.717, 1.165) is 4.90 Å². The molecule has 0 unspecified atom stereocenters. The predicted octanol–water partition coefficient (Wildman–Crippen LogP) is 6.09. The van der Waals surface area contributed by atoms with E-state index in [9.17, 15) is 14.4 Å². The average molecular weight is 592 g/mol. The number of halogens is 1. The maximum Gasteiger partial charge on any atom is 0.272 e. The highest BCUT2D eigenvalue weighted by Gasteiger charge is 2.16. The molecule has 3 aromatic carbocycles. The number of hydrogen-bond acceptors (Lipinski definition) is 7. The predicted molar refractivity (Wildman–Crippen MR) is 160 cm³/mol. The van der Waals surface area contributed by atoms with Gasteiger partial charge in [-0.15, -0.1) is 11.8 Å². The molecule has 3 amide bonds. The zero-order valence-corrected chi connectivity index (χ0v) is 23.7. The van der Waals surface area contributed by atoms with Crippen molar-refractivity contribution in [1.29, 1.82) is 0 Å². The SMILES string of the molecule is COc1cc(OC)c(NC(=O)CSc2ccc(NC(=O)/C(=C/c3ccco3)NC(=O)c3ccccc3)cc2)cc1Cl. The molecule has 1 heterocycles. The average Bonchev–Trinajstić information content (AvgIpc) is 3.50. The van der Waals surface area contributed by atoms with Gasteiger partial charge >= 0.3 is 0 Å². The fourth-order valence-corrected chi connectivity index (χ4v) is 4.52. The van der Waals surface area contributed by atoms with Crippen molar-refractivity contribution in [2.24, 2.45) is 0 Å². The minimum Gasteiger partial charge on any atom is -0.495 e. The highest BCUT2D eigenvalue weighted by atomic mass is 35.5. The molecule has 11 heteroatoms. The van der Waals surface area contributed by atoms with E-state index in [4.69, 9.17) is 25.5 Å². The summed E-state index contributed by atoms with van der Waals surface area (Å²) < 4.78 is 15.8. The van der Waals surface area contributed by atoms with Crippen molar-refractivity contribution in [2.45, 2.75) is 4.90 Å². The van der Waals surface area contributed by atoms with Crippen LogP contribution in [0.4, 0.5) is 11.4 Å². The van der Waals surface area contributed by atoms with E-state index < -0.39 is 11.8 Å². The van der Waals surface area contributed by atoms with Crippen molar-refractivity contribution >= 4 is 58.5 Å². The largest absolute Gasteiger partial charge is 0.495 e. The Morgan fingerprint density at radius 2 is 1.63 bits per heavy atom. The van der Waals surface area contributed by atoms with Gasteiger partial charge in [-0.1, -0.05) is 29.8 Å². The molecule has 210 valence electrons. The number of benzene rings is 3. The number of hydrogen-bond donors (Lipinski definition) is 3. The highest BCUT2D eigenvalue weighted by Crippen LogP contribution is 2.36. The normalized spacial score (nSPS) is 11.0. The third kappa shape index (κ3) is 8.17. The first-order valence-corrected chi connectivity index (χ1v) is 13.6. The van der Waals surface area contributed by atoms with Gasteiger partial charge in [0.1, 0.15) is 23.0 Å². The summed E-state index contributed by atoms with van der Waals surface area (Å²) in [6, 6.07) is 22.0. The Morgan fingerprint density at radius 1 is 0.902 bits per heavy atom. The Morgan fingerprint density at radius 3 is 2.29 bits per heavy atom. The van der Waals surface area contributed by atoms with Gasteiger partial charge in [0, 0.05) is 28.3 Å². The molecule has 0 saturated carbocycles. The summed E-state index contributed by atoms with van der Waals surface area (Å²) in [5.41, 5.74) is 1.35. The maximum absolute atomic E-state index is 13.1. The molecule has 0 radical (unpaired) electrons. The number of thioether (sulfide) groups is 1. The third-order valence-electron chi connectivity index (χ3n) is 5.59. The van der Waals surface area contributed by atoms with E-state index >= 15 is 0 Å². The lowest BCUT2D eigenvalue weighted by molar-refractivity contribution is -0.114. The van der Waals surface area contributed by atoms with Gasteiger partial charge < -0.3 is 29.8 Å². The lowest BCUT2D eigenvalue weighted by Crippen LogP contribution is -2.30. The molecular formula is C30H26ClN3O6S. The van der Waals surface area contributed by atoms with Crippen molar-refractivity contribution in [3.05, 3.63) is 107 Å². The van der Waals surface area contributed by atoms with Crippen LogP contribution in [0.2, 0.25) is 5.02 Å². The van der Waals surface area contributed by atoms with E-state index in [1.54, 1.807) is 78.9 Å². The molecule has 0 atom stereocenters. The standard InChI is InChI=1S/C30H26ClN3O6S/c1-38-26-17-27(39-2)24(16-23(26)31)33-28(35)18-41-22-12-10-20(11-13-22)32-30(37)25(15-21-9-6-14-40-21)34-29(36)19-7-4-3-5-8-19/h3-17H,18H2,1-2H3,(H,32,37)(H,33,35)(H,34,36)/b25-15-. The van der Waals surface area contributed by atoms with Crippen LogP contribution in [0.25, 0.3) is 6.08 Å². The lowest BCUT2D eigenvalue weighted by atomic mass is 10.2. The van der Waals surface area contributed by atoms with Crippen molar-refractivity contribution in [1.82, 2.24) is 5.32 Å². The molecule has 0 bridgehead atoms. The minimum atomic E-state index is -0.530. The first kappa shape index (κ1) is 29.3. The number of furan rings is 1. The number of anilines is 2. The molecule has 0 saturated heterocycles. The summed E-state index contributed by atoms with van der Waals surface area (Å²) in [6.45, 7) is 0. The number of rotatable bonds is 11. The molecule has 0 aliphatic carbocycles. The molecule has 0 aliphatic rings. The van der Waals surface area contributed by atoms with Crippen LogP contribution < -0.4 is 25.4 Å². The Labute approximate surface area is 245 Å². The number of carbonyl (C=O) groups excluding carboxylic acids is 3. The maximum atomic E-state index is 13.1. The van der Waals surface area contributed by atoms with E-state index in [1.807, 2.05) is 0 Å². The molecular weight excluding hydrogens is 566 g/mol. The molecule has 1 aromatic heterocycles. The molecule has 41 heavy (non-hydrogen) atoms. The second-order valence-electron chi connectivity index (χ2n) is 8.40. The van der Waals surface area contributed by atoms with Crippen LogP contribution >= 0.6 is 23.4 Å². The minimum absolute atomic E-state index is 0.0120. The van der Waals surface area contributed by atoms with Crippen LogP contribution in [0.1, 0.15) is 16.1 Å². The molecule has 3 N–H and O–H groups in total. The second kappa shape index (κ2) is 14.1. The molecule has 4 rings (SSSR count). The summed E-state index contributed by atoms with van der Waals surface area (Å²) in [7, 11) is 2.98. The Kier molecular flexibility index (Phi) is 10.1. The molecule has 0 fully saturated rings. The first-order valence-electron chi connectivity index (χ1n) is 12.2. The zero-order valence-electron chi connectivity index (χ0n) is 22.1.